The molecular formula is C42H77NO12S. The number of unbranched alkanes of at least 4 members (excludes halogenated alkanes) is 18. The van der Waals surface area contributed by atoms with Crippen molar-refractivity contribution in [3.63, 3.8) is 0 Å². The van der Waals surface area contributed by atoms with E-state index in [0.717, 1.165) is 64.2 Å². The smallest absolute Gasteiger partial charge is 0.394 e. The van der Waals surface area contributed by atoms with E-state index in [1.54, 1.807) is 6.08 Å². The Labute approximate surface area is 337 Å². The number of carbonyl (C=O) groups excluding carboxylic acids is 1. The lowest BCUT2D eigenvalue weighted by Gasteiger charge is -2.41. The van der Waals surface area contributed by atoms with Gasteiger partial charge in [0, 0.05) is 0 Å². The number of ether oxygens (including phenoxy) is 2. The van der Waals surface area contributed by atoms with E-state index in [1.807, 2.05) is 0 Å². The van der Waals surface area contributed by atoms with Crippen molar-refractivity contribution in [2.24, 2.45) is 0 Å². The monoisotopic (exact) mass is 820 g/mol. The molecule has 1 fully saturated rings. The first-order valence-corrected chi connectivity index (χ1v) is 22.8. The zero-order chi connectivity index (χ0) is 41.4. The standard InChI is InChI=1S/C42H77NO12S/c1-3-5-7-9-11-12-13-14-15-16-17-18-19-20-21-22-23-25-27-29-31-36(46)41(49)43-34(35(45)30-28-26-24-10-8-6-4-2)33-53-42-39(48)40(55-56(50,51)52)38(47)37(32-44)54-42/h5,7,11-12,28,30,34-40,42,44-48H,3-4,6,8-10,13-27,29,31-33H2,1-2H3,(H,43,49)(H,50,51,52)/b7-5-,12-11-,30-28+. The van der Waals surface area contributed by atoms with Gasteiger partial charge in [0.05, 0.1) is 25.4 Å². The van der Waals surface area contributed by atoms with E-state index in [4.69, 9.17) is 14.0 Å². The molecule has 14 heteroatoms. The van der Waals surface area contributed by atoms with Crippen LogP contribution >= 0.6 is 0 Å². The van der Waals surface area contributed by atoms with Crippen LogP contribution in [0.1, 0.15) is 162 Å². The summed E-state index contributed by atoms with van der Waals surface area (Å²) >= 11 is 0. The Hall–Kier alpha value is -1.72. The normalized spacial score (nSPS) is 22.3. The second kappa shape index (κ2) is 33.1. The lowest BCUT2D eigenvalue weighted by Crippen LogP contribution is -2.61. The molecule has 1 saturated heterocycles. The van der Waals surface area contributed by atoms with Crippen LogP contribution in [0.15, 0.2) is 36.5 Å². The van der Waals surface area contributed by atoms with E-state index in [-0.39, 0.29) is 6.42 Å². The van der Waals surface area contributed by atoms with E-state index >= 15 is 0 Å². The van der Waals surface area contributed by atoms with Gasteiger partial charge in [0.2, 0.25) is 5.91 Å². The van der Waals surface area contributed by atoms with Gasteiger partial charge in [-0.25, -0.2) is 4.18 Å². The minimum Gasteiger partial charge on any atom is -0.394 e. The summed E-state index contributed by atoms with van der Waals surface area (Å²) in [7, 11) is -5.11. The van der Waals surface area contributed by atoms with Crippen LogP contribution in [0.2, 0.25) is 0 Å². The largest absolute Gasteiger partial charge is 0.397 e. The van der Waals surface area contributed by atoms with Crippen molar-refractivity contribution in [2.45, 2.75) is 210 Å². The van der Waals surface area contributed by atoms with Gasteiger partial charge in [-0.2, -0.15) is 8.42 Å². The number of aliphatic hydroxyl groups is 5. The highest BCUT2D eigenvalue weighted by atomic mass is 32.3. The van der Waals surface area contributed by atoms with Gasteiger partial charge in [-0.05, 0) is 44.9 Å². The number of carbonyl (C=O) groups is 1. The van der Waals surface area contributed by atoms with Gasteiger partial charge in [0.1, 0.15) is 30.5 Å². The topological polar surface area (TPSA) is 212 Å². The van der Waals surface area contributed by atoms with Gasteiger partial charge < -0.3 is 40.3 Å². The van der Waals surface area contributed by atoms with Gasteiger partial charge in [-0.15, -0.1) is 0 Å². The first-order valence-electron chi connectivity index (χ1n) is 21.5. The lowest BCUT2D eigenvalue weighted by atomic mass is 9.99. The summed E-state index contributed by atoms with van der Waals surface area (Å²) in [5, 5.41) is 54.8. The third-order valence-electron chi connectivity index (χ3n) is 10.0. The maximum absolute atomic E-state index is 13.0. The summed E-state index contributed by atoms with van der Waals surface area (Å²) in [6.07, 6.45) is 25.6. The molecule has 1 heterocycles. The zero-order valence-electron chi connectivity index (χ0n) is 34.3. The van der Waals surface area contributed by atoms with Crippen LogP contribution < -0.4 is 5.32 Å². The van der Waals surface area contributed by atoms with Crippen LogP contribution in [0, 0.1) is 0 Å². The van der Waals surface area contributed by atoms with E-state index in [0.29, 0.717) is 12.8 Å². The molecule has 56 heavy (non-hydrogen) atoms. The Morgan fingerprint density at radius 2 is 1.29 bits per heavy atom. The summed E-state index contributed by atoms with van der Waals surface area (Å²) in [6, 6.07) is -1.12. The number of rotatable bonds is 35. The fourth-order valence-corrected chi connectivity index (χ4v) is 7.12. The third-order valence-corrected chi connectivity index (χ3v) is 10.5. The molecule has 0 spiro atoms. The molecule has 13 nitrogen and oxygen atoms in total. The Balaban J connectivity index is 2.47. The van der Waals surface area contributed by atoms with Crippen LogP contribution in [-0.4, -0.2) is 107 Å². The maximum Gasteiger partial charge on any atom is 0.397 e. The first-order chi connectivity index (χ1) is 26.9. The molecule has 0 bridgehead atoms. The molecule has 7 N–H and O–H groups in total. The number of hydrogen-bond acceptors (Lipinski definition) is 11. The summed E-state index contributed by atoms with van der Waals surface area (Å²) in [5.74, 6) is -0.709. The first kappa shape index (κ1) is 52.3. The van der Waals surface area contributed by atoms with Crippen molar-refractivity contribution < 1.29 is 57.0 Å². The molecule has 328 valence electrons. The second-order valence-electron chi connectivity index (χ2n) is 15.0. The Morgan fingerprint density at radius 3 is 1.84 bits per heavy atom. The number of allylic oxidation sites excluding steroid dienone is 5. The average Bonchev–Trinajstić information content (AvgIpc) is 3.16. The van der Waals surface area contributed by atoms with Gasteiger partial charge in [0.25, 0.3) is 0 Å². The lowest BCUT2D eigenvalue weighted by molar-refractivity contribution is -0.298. The molecule has 1 aliphatic rings. The molecule has 0 radical (unpaired) electrons. The maximum atomic E-state index is 13.0. The SMILES string of the molecule is CC/C=C\C/C=C\CCCCCCCCCCCCCCCC(O)C(=O)NC(COC1OC(CO)C(O)C(OS(=O)(=O)O)C1O)C(O)/C=C/CCCCCCC. The van der Waals surface area contributed by atoms with E-state index in [2.05, 4.69) is 47.7 Å². The van der Waals surface area contributed by atoms with Gasteiger partial charge in [-0.3, -0.25) is 9.35 Å². The van der Waals surface area contributed by atoms with Crippen LogP contribution in [-0.2, 0) is 28.9 Å². The van der Waals surface area contributed by atoms with E-state index < -0.39 is 78.5 Å². The summed E-state index contributed by atoms with van der Waals surface area (Å²) in [5.41, 5.74) is 0. The Kier molecular flexibility index (Phi) is 31.0. The predicted octanol–water partition coefficient (Wildman–Crippen LogP) is 6.52. The molecule has 0 aromatic carbocycles. The number of amides is 1. The van der Waals surface area contributed by atoms with Crippen molar-refractivity contribution >= 4 is 16.3 Å². The minimum atomic E-state index is -5.11. The Morgan fingerprint density at radius 1 is 0.750 bits per heavy atom. The Bertz CT molecular complexity index is 1170. The summed E-state index contributed by atoms with van der Waals surface area (Å²) in [6.45, 7) is 3.02. The molecule has 8 unspecified atom stereocenters. The third kappa shape index (κ3) is 25.6. The average molecular weight is 820 g/mol. The highest BCUT2D eigenvalue weighted by molar-refractivity contribution is 7.80. The van der Waals surface area contributed by atoms with E-state index in [1.165, 1.54) is 70.3 Å². The highest BCUT2D eigenvalue weighted by Gasteiger charge is 2.48. The van der Waals surface area contributed by atoms with Crippen molar-refractivity contribution in [1.29, 1.82) is 0 Å². The summed E-state index contributed by atoms with van der Waals surface area (Å²) in [4.78, 5) is 13.0. The second-order valence-corrected chi connectivity index (χ2v) is 16.1. The zero-order valence-corrected chi connectivity index (χ0v) is 35.1. The predicted molar refractivity (Wildman–Crippen MR) is 219 cm³/mol. The van der Waals surface area contributed by atoms with Crippen LogP contribution in [0.3, 0.4) is 0 Å². The molecule has 8 atom stereocenters. The molecular weight excluding hydrogens is 743 g/mol. The molecule has 0 aromatic heterocycles. The van der Waals surface area contributed by atoms with Gasteiger partial charge in [-0.1, -0.05) is 153 Å². The van der Waals surface area contributed by atoms with Crippen LogP contribution in [0.25, 0.3) is 0 Å². The molecule has 1 amide bonds. The van der Waals surface area contributed by atoms with Crippen molar-refractivity contribution in [2.75, 3.05) is 13.2 Å². The van der Waals surface area contributed by atoms with Crippen LogP contribution in [0.4, 0.5) is 0 Å². The number of hydrogen-bond donors (Lipinski definition) is 7. The summed E-state index contributed by atoms with van der Waals surface area (Å²) < 4.78 is 47.2. The van der Waals surface area contributed by atoms with Gasteiger partial charge in [0.15, 0.2) is 6.29 Å². The van der Waals surface area contributed by atoms with Crippen molar-refractivity contribution in [1.82, 2.24) is 5.32 Å². The molecule has 0 saturated carbocycles. The quantitative estimate of drug-likeness (QED) is 0.0207. The van der Waals surface area contributed by atoms with E-state index in [9.17, 15) is 38.7 Å². The number of nitrogens with one attached hydrogen (secondary N) is 1. The molecule has 0 aromatic rings. The van der Waals surface area contributed by atoms with Crippen molar-refractivity contribution in [3.8, 4) is 0 Å². The van der Waals surface area contributed by atoms with Gasteiger partial charge >= 0.3 is 10.4 Å². The minimum absolute atomic E-state index is 0.241. The fraction of sp³-hybridized carbons (Fsp3) is 0.833. The van der Waals surface area contributed by atoms with Crippen LogP contribution in [0.5, 0.6) is 0 Å². The highest BCUT2D eigenvalue weighted by Crippen LogP contribution is 2.26. The fourth-order valence-electron chi connectivity index (χ4n) is 6.61. The number of aliphatic hydroxyl groups excluding tert-OH is 5. The molecule has 1 rings (SSSR count). The molecule has 0 aliphatic carbocycles. The molecule has 1 aliphatic heterocycles. The van der Waals surface area contributed by atoms with Crippen molar-refractivity contribution in [3.05, 3.63) is 36.5 Å².